The number of rotatable bonds is 3. The summed E-state index contributed by atoms with van der Waals surface area (Å²) in [6.07, 6.45) is -6.00. The van der Waals surface area contributed by atoms with Crippen LogP contribution in [0.4, 0.5) is 13.2 Å². The van der Waals surface area contributed by atoms with Crippen molar-refractivity contribution in [3.8, 4) is 0 Å². The van der Waals surface area contributed by atoms with Crippen molar-refractivity contribution in [2.75, 3.05) is 0 Å². The maximum absolute atomic E-state index is 12.2. The molecule has 2 nitrogen and oxygen atoms in total. The summed E-state index contributed by atoms with van der Waals surface area (Å²) >= 11 is 11.2. The number of hydrogen-bond donors (Lipinski definition) is 1. The van der Waals surface area contributed by atoms with Gasteiger partial charge >= 0.3 is 12.1 Å². The Hall–Kier alpha value is -0.940. The molecule has 1 N–H and O–H groups in total. The molecule has 7 heteroatoms. The fourth-order valence-electron chi connectivity index (χ4n) is 1.31. The second-order valence-electron chi connectivity index (χ2n) is 3.38. The van der Waals surface area contributed by atoms with Gasteiger partial charge in [0, 0.05) is 0 Å². The summed E-state index contributed by atoms with van der Waals surface area (Å²) in [5.41, 5.74) is -0.0239. The Kier molecular flexibility index (Phi) is 4.27. The van der Waals surface area contributed by atoms with Crippen LogP contribution in [0.25, 0.3) is 0 Å². The molecule has 0 radical (unpaired) electrons. The van der Waals surface area contributed by atoms with Crippen molar-refractivity contribution in [2.45, 2.75) is 18.5 Å². The molecule has 0 bridgehead atoms. The molecule has 0 saturated heterocycles. The van der Waals surface area contributed by atoms with Gasteiger partial charge in [0.1, 0.15) is 0 Å². The number of carbonyl (C=O) groups is 1. The highest BCUT2D eigenvalue weighted by Crippen LogP contribution is 2.34. The number of hydrogen-bond acceptors (Lipinski definition) is 1. The zero-order chi connectivity index (χ0) is 13.2. The quantitative estimate of drug-likeness (QED) is 0.908. The smallest absolute Gasteiger partial charge is 0.390 e. The van der Waals surface area contributed by atoms with Crippen molar-refractivity contribution >= 4 is 29.2 Å². The molecule has 1 aromatic rings. The molecule has 0 aliphatic rings. The molecule has 1 unspecified atom stereocenters. The Morgan fingerprint density at radius 3 is 2.29 bits per heavy atom. The first-order chi connectivity index (χ1) is 7.70. The molecule has 0 aliphatic heterocycles. The van der Waals surface area contributed by atoms with Crippen LogP contribution in [0.3, 0.4) is 0 Å². The molecule has 0 heterocycles. The van der Waals surface area contributed by atoms with E-state index in [1.165, 1.54) is 12.1 Å². The minimum absolute atomic E-state index is 0.0239. The molecule has 0 aliphatic carbocycles. The van der Waals surface area contributed by atoms with E-state index in [9.17, 15) is 18.0 Å². The third kappa shape index (κ3) is 4.09. The minimum atomic E-state index is -4.56. The van der Waals surface area contributed by atoms with E-state index >= 15 is 0 Å². The fourth-order valence-corrected chi connectivity index (χ4v) is 1.61. The Balaban J connectivity index is 3.06. The van der Waals surface area contributed by atoms with Crippen molar-refractivity contribution in [1.29, 1.82) is 0 Å². The molecule has 0 aromatic heterocycles. The molecular weight excluding hydrogens is 280 g/mol. The second-order valence-corrected chi connectivity index (χ2v) is 4.20. The van der Waals surface area contributed by atoms with Crippen molar-refractivity contribution in [2.24, 2.45) is 0 Å². The fraction of sp³-hybridized carbons (Fsp3) is 0.300. The first-order valence-electron chi connectivity index (χ1n) is 4.45. The lowest BCUT2D eigenvalue weighted by Gasteiger charge is -2.15. The van der Waals surface area contributed by atoms with Crippen LogP contribution in [0, 0.1) is 0 Å². The SMILES string of the molecule is O=C(O)C(CC(F)(F)F)c1ccc(Cl)c(Cl)c1. The van der Waals surface area contributed by atoms with Crippen LogP contribution in [0.15, 0.2) is 18.2 Å². The average molecular weight is 287 g/mol. The van der Waals surface area contributed by atoms with Crippen LogP contribution in [0.2, 0.25) is 10.0 Å². The third-order valence-electron chi connectivity index (χ3n) is 2.08. The zero-order valence-electron chi connectivity index (χ0n) is 8.26. The van der Waals surface area contributed by atoms with Gasteiger partial charge < -0.3 is 5.11 Å². The lowest BCUT2D eigenvalue weighted by atomic mass is 9.96. The molecule has 0 fully saturated rings. The van der Waals surface area contributed by atoms with Gasteiger partial charge in [0.2, 0.25) is 0 Å². The second kappa shape index (κ2) is 5.14. The van der Waals surface area contributed by atoms with Crippen LogP contribution in [0.5, 0.6) is 0 Å². The van der Waals surface area contributed by atoms with Gasteiger partial charge in [-0.25, -0.2) is 0 Å². The van der Waals surface area contributed by atoms with Crippen LogP contribution in [-0.4, -0.2) is 17.3 Å². The van der Waals surface area contributed by atoms with Crippen molar-refractivity contribution in [1.82, 2.24) is 0 Å². The van der Waals surface area contributed by atoms with Crippen LogP contribution in [0.1, 0.15) is 17.9 Å². The van der Waals surface area contributed by atoms with E-state index in [4.69, 9.17) is 28.3 Å². The Labute approximate surface area is 105 Å². The minimum Gasteiger partial charge on any atom is -0.481 e. The molecule has 0 saturated carbocycles. The van der Waals surface area contributed by atoms with Crippen molar-refractivity contribution in [3.63, 3.8) is 0 Å². The molecule has 1 aromatic carbocycles. The van der Waals surface area contributed by atoms with Gasteiger partial charge in [-0.2, -0.15) is 13.2 Å². The molecule has 0 amide bonds. The van der Waals surface area contributed by atoms with E-state index in [-0.39, 0.29) is 15.6 Å². The van der Waals surface area contributed by atoms with Gasteiger partial charge in [-0.15, -0.1) is 0 Å². The Morgan fingerprint density at radius 2 is 1.88 bits per heavy atom. The van der Waals surface area contributed by atoms with Crippen LogP contribution < -0.4 is 0 Å². The van der Waals surface area contributed by atoms with E-state index in [1.54, 1.807) is 0 Å². The van der Waals surface area contributed by atoms with Crippen molar-refractivity contribution in [3.05, 3.63) is 33.8 Å². The largest absolute Gasteiger partial charge is 0.481 e. The normalized spacial score (nSPS) is 13.5. The molecule has 0 spiro atoms. The number of benzene rings is 1. The predicted octanol–water partition coefficient (Wildman–Crippen LogP) is 4.11. The van der Waals surface area contributed by atoms with E-state index in [2.05, 4.69) is 0 Å². The third-order valence-corrected chi connectivity index (χ3v) is 2.82. The monoisotopic (exact) mass is 286 g/mol. The van der Waals surface area contributed by atoms with Gasteiger partial charge in [-0.1, -0.05) is 29.3 Å². The van der Waals surface area contributed by atoms with Crippen LogP contribution in [-0.2, 0) is 4.79 Å². The highest BCUT2D eigenvalue weighted by molar-refractivity contribution is 6.42. The highest BCUT2D eigenvalue weighted by atomic mass is 35.5. The summed E-state index contributed by atoms with van der Waals surface area (Å²) in [5, 5.41) is 8.96. The zero-order valence-corrected chi connectivity index (χ0v) is 9.77. The molecule has 17 heavy (non-hydrogen) atoms. The van der Waals surface area contributed by atoms with Crippen molar-refractivity contribution < 1.29 is 23.1 Å². The maximum Gasteiger partial charge on any atom is 0.390 e. The Morgan fingerprint density at radius 1 is 1.29 bits per heavy atom. The topological polar surface area (TPSA) is 37.3 Å². The Bertz CT molecular complexity index is 432. The molecule has 1 atom stereocenters. The summed E-state index contributed by atoms with van der Waals surface area (Å²) in [6.45, 7) is 0. The number of aliphatic carboxylic acids is 1. The van der Waals surface area contributed by atoms with E-state index < -0.39 is 24.5 Å². The van der Waals surface area contributed by atoms with Gasteiger partial charge in [0.25, 0.3) is 0 Å². The molecular formula is C10H7Cl2F3O2. The van der Waals surface area contributed by atoms with E-state index in [0.717, 1.165) is 6.07 Å². The first kappa shape index (κ1) is 14.1. The van der Waals surface area contributed by atoms with Crippen LogP contribution >= 0.6 is 23.2 Å². The summed E-state index contributed by atoms with van der Waals surface area (Å²) in [4.78, 5) is 10.8. The molecule has 1 rings (SSSR count). The number of carboxylic acid groups (broad SMARTS) is 1. The lowest BCUT2D eigenvalue weighted by Crippen LogP contribution is -2.20. The summed E-state index contributed by atoms with van der Waals surface area (Å²) < 4.78 is 36.6. The standard InChI is InChI=1S/C10H7Cl2F3O2/c11-7-2-1-5(3-8(7)12)6(9(16)17)4-10(13,14)15/h1-3,6H,4H2,(H,16,17). The van der Waals surface area contributed by atoms with E-state index in [1.807, 2.05) is 0 Å². The van der Waals surface area contributed by atoms with Gasteiger partial charge in [0.15, 0.2) is 0 Å². The van der Waals surface area contributed by atoms with E-state index in [0.29, 0.717) is 0 Å². The van der Waals surface area contributed by atoms with Gasteiger partial charge in [-0.05, 0) is 17.7 Å². The maximum atomic E-state index is 12.2. The number of carboxylic acids is 1. The average Bonchev–Trinajstić information content (AvgIpc) is 2.17. The van der Waals surface area contributed by atoms with Gasteiger partial charge in [0.05, 0.1) is 22.4 Å². The number of halogens is 5. The van der Waals surface area contributed by atoms with Gasteiger partial charge in [-0.3, -0.25) is 4.79 Å². The number of alkyl halides is 3. The summed E-state index contributed by atoms with van der Waals surface area (Å²) in [6, 6.07) is 3.62. The molecule has 94 valence electrons. The summed E-state index contributed by atoms with van der Waals surface area (Å²) in [5.74, 6) is -3.23. The lowest BCUT2D eigenvalue weighted by molar-refractivity contribution is -0.157. The summed E-state index contributed by atoms with van der Waals surface area (Å²) in [7, 11) is 0. The predicted molar refractivity (Wildman–Crippen MR) is 57.5 cm³/mol. The first-order valence-corrected chi connectivity index (χ1v) is 5.21. The highest BCUT2D eigenvalue weighted by Gasteiger charge is 2.36.